The Labute approximate surface area is 145 Å². The van der Waals surface area contributed by atoms with E-state index in [-0.39, 0.29) is 0 Å². The van der Waals surface area contributed by atoms with E-state index in [1.807, 2.05) is 0 Å². The number of rotatable bonds is 18. The van der Waals surface area contributed by atoms with Gasteiger partial charge in [-0.1, -0.05) is 117 Å². The highest BCUT2D eigenvalue weighted by molar-refractivity contribution is 5.66. The number of hydrogen-bond acceptors (Lipinski definition) is 1. The van der Waals surface area contributed by atoms with E-state index >= 15 is 0 Å². The summed E-state index contributed by atoms with van der Waals surface area (Å²) >= 11 is 0. The minimum Gasteiger partial charge on any atom is -0.481 e. The van der Waals surface area contributed by atoms with Crippen LogP contribution < -0.4 is 0 Å². The maximum absolute atomic E-state index is 10.6. The van der Waals surface area contributed by atoms with Crippen LogP contribution in [0.15, 0.2) is 0 Å². The number of unbranched alkanes of at least 4 members (excludes halogenated alkanes) is 14. The van der Waals surface area contributed by atoms with Gasteiger partial charge in [0.1, 0.15) is 0 Å². The molecule has 0 fully saturated rings. The van der Waals surface area contributed by atoms with Crippen LogP contribution in [-0.2, 0) is 4.79 Å². The molecule has 0 aliphatic rings. The SMILES string of the molecule is CCCCCCCCCCCCCCCCC[C@H](C)CC(=O)O. The molecule has 0 bridgehead atoms. The average molecular weight is 327 g/mol. The molecule has 0 saturated carbocycles. The molecule has 0 saturated heterocycles. The fourth-order valence-electron chi connectivity index (χ4n) is 3.26. The molecule has 0 amide bonds. The van der Waals surface area contributed by atoms with Crippen molar-refractivity contribution >= 4 is 5.97 Å². The van der Waals surface area contributed by atoms with Crippen LogP contribution >= 0.6 is 0 Å². The second-order valence-corrected chi connectivity index (χ2v) is 7.44. The normalized spacial score (nSPS) is 12.4. The molecular formula is C21H42O2. The first kappa shape index (κ1) is 22.5. The van der Waals surface area contributed by atoms with Crippen LogP contribution in [0.25, 0.3) is 0 Å². The molecule has 1 atom stereocenters. The molecule has 1 N–H and O–H groups in total. The van der Waals surface area contributed by atoms with Crippen molar-refractivity contribution in [1.82, 2.24) is 0 Å². The Balaban J connectivity index is 3.06. The third-order valence-corrected chi connectivity index (χ3v) is 4.82. The molecule has 2 nitrogen and oxygen atoms in total. The van der Waals surface area contributed by atoms with Gasteiger partial charge in [0.15, 0.2) is 0 Å². The van der Waals surface area contributed by atoms with E-state index in [1.165, 1.54) is 96.3 Å². The largest absolute Gasteiger partial charge is 0.481 e. The van der Waals surface area contributed by atoms with Crippen molar-refractivity contribution in [3.8, 4) is 0 Å². The second-order valence-electron chi connectivity index (χ2n) is 7.44. The smallest absolute Gasteiger partial charge is 0.303 e. The van der Waals surface area contributed by atoms with Gasteiger partial charge < -0.3 is 5.11 Å². The van der Waals surface area contributed by atoms with Gasteiger partial charge in [-0.25, -0.2) is 0 Å². The molecule has 0 aliphatic heterocycles. The molecule has 23 heavy (non-hydrogen) atoms. The minimum atomic E-state index is -0.654. The van der Waals surface area contributed by atoms with Crippen molar-refractivity contribution < 1.29 is 9.90 Å². The molecule has 0 rings (SSSR count). The summed E-state index contributed by atoms with van der Waals surface area (Å²) in [6.07, 6.45) is 22.2. The molecule has 0 radical (unpaired) electrons. The molecular weight excluding hydrogens is 284 g/mol. The number of carboxylic acids is 1. The van der Waals surface area contributed by atoms with Crippen molar-refractivity contribution in [3.05, 3.63) is 0 Å². The monoisotopic (exact) mass is 326 g/mol. The first-order valence-corrected chi connectivity index (χ1v) is 10.4. The summed E-state index contributed by atoms with van der Waals surface area (Å²) in [7, 11) is 0. The van der Waals surface area contributed by atoms with Crippen LogP contribution in [0.1, 0.15) is 123 Å². The number of hydrogen-bond donors (Lipinski definition) is 1. The molecule has 0 unspecified atom stereocenters. The zero-order valence-corrected chi connectivity index (χ0v) is 16.0. The van der Waals surface area contributed by atoms with E-state index in [1.54, 1.807) is 0 Å². The zero-order valence-electron chi connectivity index (χ0n) is 16.0. The van der Waals surface area contributed by atoms with Crippen molar-refractivity contribution in [2.45, 2.75) is 123 Å². The highest BCUT2D eigenvalue weighted by atomic mass is 16.4. The Morgan fingerprint density at radius 3 is 1.39 bits per heavy atom. The summed E-state index contributed by atoms with van der Waals surface area (Å²) in [5.41, 5.74) is 0. The van der Waals surface area contributed by atoms with Crippen LogP contribution in [0, 0.1) is 5.92 Å². The summed E-state index contributed by atoms with van der Waals surface area (Å²) in [5, 5.41) is 8.71. The van der Waals surface area contributed by atoms with Gasteiger partial charge in [-0.2, -0.15) is 0 Å². The fraction of sp³-hybridized carbons (Fsp3) is 0.952. The van der Waals surface area contributed by atoms with Gasteiger partial charge in [-0.05, 0) is 5.92 Å². The maximum Gasteiger partial charge on any atom is 0.303 e. The Kier molecular flexibility index (Phi) is 17.4. The van der Waals surface area contributed by atoms with Crippen LogP contribution in [0.5, 0.6) is 0 Å². The number of aliphatic carboxylic acids is 1. The van der Waals surface area contributed by atoms with E-state index in [0.29, 0.717) is 12.3 Å². The van der Waals surface area contributed by atoms with Crippen molar-refractivity contribution in [2.24, 2.45) is 5.92 Å². The van der Waals surface area contributed by atoms with E-state index in [2.05, 4.69) is 13.8 Å². The lowest BCUT2D eigenvalue weighted by Gasteiger charge is -2.08. The van der Waals surface area contributed by atoms with Gasteiger partial charge in [0.2, 0.25) is 0 Å². The summed E-state index contributed by atoms with van der Waals surface area (Å²) in [6.45, 7) is 4.33. The summed E-state index contributed by atoms with van der Waals surface area (Å²) < 4.78 is 0. The molecule has 0 aromatic carbocycles. The Morgan fingerprint density at radius 1 is 0.696 bits per heavy atom. The Hall–Kier alpha value is -0.530. The van der Waals surface area contributed by atoms with Crippen molar-refractivity contribution in [2.75, 3.05) is 0 Å². The van der Waals surface area contributed by atoms with E-state index in [4.69, 9.17) is 5.11 Å². The standard InChI is InChI=1S/C21H42O2/c1-3-4-5-6-7-8-9-10-11-12-13-14-15-16-17-18-20(2)19-21(22)23/h20H,3-19H2,1-2H3,(H,22,23)/t20-/m0/s1. The first-order valence-electron chi connectivity index (χ1n) is 10.4. The van der Waals surface area contributed by atoms with Crippen molar-refractivity contribution in [3.63, 3.8) is 0 Å². The molecule has 0 aromatic rings. The number of carboxylic acid groups (broad SMARTS) is 1. The van der Waals surface area contributed by atoms with E-state index < -0.39 is 5.97 Å². The second kappa shape index (κ2) is 17.8. The van der Waals surface area contributed by atoms with E-state index in [9.17, 15) is 4.79 Å². The predicted molar refractivity (Wildman–Crippen MR) is 101 cm³/mol. The van der Waals surface area contributed by atoms with E-state index in [0.717, 1.165) is 6.42 Å². The minimum absolute atomic E-state index is 0.332. The quantitative estimate of drug-likeness (QED) is 0.267. The average Bonchev–Trinajstić information content (AvgIpc) is 2.50. The van der Waals surface area contributed by atoms with Crippen LogP contribution in [0.3, 0.4) is 0 Å². The molecule has 138 valence electrons. The third-order valence-electron chi connectivity index (χ3n) is 4.82. The van der Waals surface area contributed by atoms with Crippen molar-refractivity contribution in [1.29, 1.82) is 0 Å². The molecule has 2 heteroatoms. The van der Waals surface area contributed by atoms with Gasteiger partial charge in [-0.3, -0.25) is 4.79 Å². The predicted octanol–water partition coefficient (Wildman–Crippen LogP) is 7.36. The lowest BCUT2D eigenvalue weighted by atomic mass is 9.99. The van der Waals surface area contributed by atoms with Gasteiger partial charge in [0, 0.05) is 6.42 Å². The van der Waals surface area contributed by atoms with Crippen LogP contribution in [0.2, 0.25) is 0 Å². The lowest BCUT2D eigenvalue weighted by molar-refractivity contribution is -0.138. The third kappa shape index (κ3) is 19.4. The summed E-state index contributed by atoms with van der Waals surface area (Å²) in [6, 6.07) is 0. The van der Waals surface area contributed by atoms with Gasteiger partial charge in [-0.15, -0.1) is 0 Å². The fourth-order valence-corrected chi connectivity index (χ4v) is 3.26. The van der Waals surface area contributed by atoms with Gasteiger partial charge in [0.05, 0.1) is 0 Å². The number of carbonyl (C=O) groups is 1. The Bertz CT molecular complexity index is 250. The Morgan fingerprint density at radius 2 is 1.04 bits per heavy atom. The van der Waals surface area contributed by atoms with Crippen LogP contribution in [-0.4, -0.2) is 11.1 Å². The lowest BCUT2D eigenvalue weighted by Crippen LogP contribution is -2.03. The highest BCUT2D eigenvalue weighted by Gasteiger charge is 2.06. The molecule has 0 aliphatic carbocycles. The summed E-state index contributed by atoms with van der Waals surface area (Å²) in [5.74, 6) is -0.312. The molecule has 0 spiro atoms. The first-order chi connectivity index (χ1) is 11.2. The molecule has 0 aromatic heterocycles. The zero-order chi connectivity index (χ0) is 17.2. The van der Waals surface area contributed by atoms with Gasteiger partial charge in [0.25, 0.3) is 0 Å². The highest BCUT2D eigenvalue weighted by Crippen LogP contribution is 2.16. The van der Waals surface area contributed by atoms with Crippen LogP contribution in [0.4, 0.5) is 0 Å². The maximum atomic E-state index is 10.6. The molecule has 0 heterocycles. The van der Waals surface area contributed by atoms with Gasteiger partial charge >= 0.3 is 5.97 Å². The topological polar surface area (TPSA) is 37.3 Å². The summed E-state index contributed by atoms with van der Waals surface area (Å²) in [4.78, 5) is 10.6.